The molecular formula is C15H24ClNO3. The number of methoxy groups -OCH3 is 1. The number of hydrogen-bond donors (Lipinski definition) is 1. The van der Waals surface area contributed by atoms with Crippen LogP contribution in [0.3, 0.4) is 0 Å². The minimum absolute atomic E-state index is 0. The molecule has 114 valence electrons. The normalized spacial score (nSPS) is 10.6. The van der Waals surface area contributed by atoms with Gasteiger partial charge in [0.25, 0.3) is 0 Å². The molecule has 5 heteroatoms. The maximum atomic E-state index is 11.4. The minimum Gasteiger partial charge on any atom is -0.495 e. The number of anilines is 1. The molecule has 1 aromatic rings. The third-order valence-corrected chi connectivity index (χ3v) is 3.27. The summed E-state index contributed by atoms with van der Waals surface area (Å²) in [6.45, 7) is 6.42. The van der Waals surface area contributed by atoms with Crippen molar-refractivity contribution >= 4 is 24.1 Å². The van der Waals surface area contributed by atoms with Crippen LogP contribution in [0.4, 0.5) is 5.69 Å². The van der Waals surface area contributed by atoms with E-state index < -0.39 is 0 Å². The van der Waals surface area contributed by atoms with Crippen LogP contribution in [0, 0.1) is 0 Å². The number of carbonyl (C=O) groups is 1. The van der Waals surface area contributed by atoms with Crippen LogP contribution in [0.1, 0.15) is 39.2 Å². The zero-order chi connectivity index (χ0) is 14.5. The lowest BCUT2D eigenvalue weighted by molar-refractivity contribution is -0.143. The van der Waals surface area contributed by atoms with Gasteiger partial charge in [0.1, 0.15) is 5.75 Å². The molecule has 0 spiro atoms. The molecule has 0 saturated carbocycles. The summed E-state index contributed by atoms with van der Waals surface area (Å²) in [7, 11) is 1.59. The predicted molar refractivity (Wildman–Crippen MR) is 83.5 cm³/mol. The van der Waals surface area contributed by atoms with E-state index in [0.717, 1.165) is 12.0 Å². The minimum atomic E-state index is -0.156. The van der Waals surface area contributed by atoms with Crippen molar-refractivity contribution in [3.8, 4) is 5.75 Å². The van der Waals surface area contributed by atoms with E-state index in [-0.39, 0.29) is 23.8 Å². The highest BCUT2D eigenvalue weighted by Crippen LogP contribution is 2.33. The Morgan fingerprint density at radius 1 is 1.35 bits per heavy atom. The zero-order valence-corrected chi connectivity index (χ0v) is 13.4. The van der Waals surface area contributed by atoms with Crippen molar-refractivity contribution in [3.05, 3.63) is 23.8 Å². The maximum Gasteiger partial charge on any atom is 0.305 e. The van der Waals surface area contributed by atoms with E-state index >= 15 is 0 Å². The van der Waals surface area contributed by atoms with Gasteiger partial charge < -0.3 is 15.2 Å². The molecule has 0 amide bonds. The lowest BCUT2D eigenvalue weighted by atomic mass is 9.80. The van der Waals surface area contributed by atoms with Crippen LogP contribution in [-0.4, -0.2) is 19.7 Å². The lowest BCUT2D eigenvalue weighted by Crippen LogP contribution is -2.20. The van der Waals surface area contributed by atoms with Gasteiger partial charge in [-0.25, -0.2) is 0 Å². The molecule has 20 heavy (non-hydrogen) atoms. The van der Waals surface area contributed by atoms with Crippen LogP contribution in [-0.2, 0) is 14.9 Å². The molecule has 0 unspecified atom stereocenters. The molecule has 0 fully saturated rings. The average molecular weight is 302 g/mol. The van der Waals surface area contributed by atoms with Gasteiger partial charge in [-0.15, -0.1) is 12.4 Å². The Morgan fingerprint density at radius 3 is 2.50 bits per heavy atom. The Kier molecular flexibility index (Phi) is 7.43. The van der Waals surface area contributed by atoms with Crippen LogP contribution < -0.4 is 10.5 Å². The summed E-state index contributed by atoms with van der Waals surface area (Å²) in [5.74, 6) is 0.516. The molecule has 0 atom stereocenters. The number of carbonyl (C=O) groups excluding carboxylic acids is 1. The van der Waals surface area contributed by atoms with Crippen molar-refractivity contribution in [2.75, 3.05) is 19.5 Å². The molecule has 0 heterocycles. The standard InChI is InChI=1S/C15H23NO3.ClH/c1-5-19-14(17)8-9-15(2,3)11-6-7-13(18-4)12(16)10-11;/h6-7,10H,5,8-9,16H2,1-4H3;1H. The molecule has 0 saturated heterocycles. The van der Waals surface area contributed by atoms with Gasteiger partial charge in [-0.1, -0.05) is 19.9 Å². The Morgan fingerprint density at radius 2 is 2.00 bits per heavy atom. The van der Waals surface area contributed by atoms with Crippen LogP contribution in [0.5, 0.6) is 5.75 Å². The van der Waals surface area contributed by atoms with Gasteiger partial charge in [0.05, 0.1) is 19.4 Å². The van der Waals surface area contributed by atoms with Gasteiger partial charge in [0.2, 0.25) is 0 Å². The highest BCUT2D eigenvalue weighted by molar-refractivity contribution is 5.85. The first-order valence-corrected chi connectivity index (χ1v) is 6.50. The third-order valence-electron chi connectivity index (χ3n) is 3.27. The number of nitrogen functional groups attached to an aromatic ring is 1. The summed E-state index contributed by atoms with van der Waals surface area (Å²) < 4.78 is 10.1. The monoisotopic (exact) mass is 301 g/mol. The number of nitrogens with two attached hydrogens (primary N) is 1. The molecule has 2 N–H and O–H groups in total. The Balaban J connectivity index is 0.00000361. The van der Waals surface area contributed by atoms with Crippen LogP contribution in [0.15, 0.2) is 18.2 Å². The van der Waals surface area contributed by atoms with E-state index in [9.17, 15) is 4.79 Å². The van der Waals surface area contributed by atoms with Crippen LogP contribution in [0.2, 0.25) is 0 Å². The van der Waals surface area contributed by atoms with Crippen molar-refractivity contribution in [1.82, 2.24) is 0 Å². The predicted octanol–water partition coefficient (Wildman–Crippen LogP) is 3.32. The van der Waals surface area contributed by atoms with Gasteiger partial charge >= 0.3 is 5.97 Å². The number of halogens is 1. The second kappa shape index (κ2) is 8.00. The number of esters is 1. The molecule has 0 bridgehead atoms. The Hall–Kier alpha value is -1.42. The van der Waals surface area contributed by atoms with Crippen molar-refractivity contribution in [1.29, 1.82) is 0 Å². The average Bonchev–Trinajstić information content (AvgIpc) is 2.37. The maximum absolute atomic E-state index is 11.4. The third kappa shape index (κ3) is 4.93. The largest absolute Gasteiger partial charge is 0.495 e. The van der Waals surface area contributed by atoms with Crippen molar-refractivity contribution in [2.45, 2.75) is 39.0 Å². The molecule has 0 aliphatic carbocycles. The topological polar surface area (TPSA) is 61.5 Å². The number of rotatable bonds is 6. The second-order valence-electron chi connectivity index (χ2n) is 5.15. The fraction of sp³-hybridized carbons (Fsp3) is 0.533. The van der Waals surface area contributed by atoms with Crippen molar-refractivity contribution < 1.29 is 14.3 Å². The first kappa shape index (κ1) is 18.6. The highest BCUT2D eigenvalue weighted by atomic mass is 35.5. The first-order valence-electron chi connectivity index (χ1n) is 6.50. The van der Waals surface area contributed by atoms with Crippen molar-refractivity contribution in [2.24, 2.45) is 0 Å². The van der Waals surface area contributed by atoms with Gasteiger partial charge in [-0.05, 0) is 36.5 Å². The van der Waals surface area contributed by atoms with E-state index in [1.807, 2.05) is 25.1 Å². The summed E-state index contributed by atoms with van der Waals surface area (Å²) >= 11 is 0. The summed E-state index contributed by atoms with van der Waals surface area (Å²) in [6, 6.07) is 5.75. The fourth-order valence-electron chi connectivity index (χ4n) is 1.95. The molecule has 1 aromatic carbocycles. The van der Waals surface area contributed by atoms with Gasteiger partial charge in [0, 0.05) is 6.42 Å². The van der Waals surface area contributed by atoms with Crippen molar-refractivity contribution in [3.63, 3.8) is 0 Å². The molecule has 0 radical (unpaired) electrons. The molecule has 0 aliphatic heterocycles. The second-order valence-corrected chi connectivity index (χ2v) is 5.15. The SMILES string of the molecule is CCOC(=O)CCC(C)(C)c1ccc(OC)c(N)c1.Cl. The number of hydrogen-bond acceptors (Lipinski definition) is 4. The van der Waals surface area contributed by atoms with Crippen LogP contribution in [0.25, 0.3) is 0 Å². The number of benzene rings is 1. The molecule has 1 rings (SSSR count). The quantitative estimate of drug-likeness (QED) is 0.647. The van der Waals surface area contributed by atoms with E-state index in [0.29, 0.717) is 24.5 Å². The first-order chi connectivity index (χ1) is 8.90. The van der Waals surface area contributed by atoms with Gasteiger partial charge in [0.15, 0.2) is 0 Å². The van der Waals surface area contributed by atoms with Gasteiger partial charge in [-0.2, -0.15) is 0 Å². The Bertz CT molecular complexity index is 447. The zero-order valence-electron chi connectivity index (χ0n) is 12.6. The summed E-state index contributed by atoms with van der Waals surface area (Å²) in [5, 5.41) is 0. The van der Waals surface area contributed by atoms with E-state index in [2.05, 4.69) is 13.8 Å². The van der Waals surface area contributed by atoms with Gasteiger partial charge in [-0.3, -0.25) is 4.79 Å². The van der Waals surface area contributed by atoms with E-state index in [1.165, 1.54) is 0 Å². The van der Waals surface area contributed by atoms with Crippen LogP contribution >= 0.6 is 12.4 Å². The smallest absolute Gasteiger partial charge is 0.305 e. The molecule has 0 aliphatic rings. The summed E-state index contributed by atoms with van der Waals surface area (Å²) in [5.41, 5.74) is 7.49. The summed E-state index contributed by atoms with van der Waals surface area (Å²) in [4.78, 5) is 11.4. The van der Waals surface area contributed by atoms with E-state index in [4.69, 9.17) is 15.2 Å². The number of ether oxygens (including phenoxy) is 2. The van der Waals surface area contributed by atoms with E-state index in [1.54, 1.807) is 7.11 Å². The highest BCUT2D eigenvalue weighted by Gasteiger charge is 2.23. The fourth-order valence-corrected chi connectivity index (χ4v) is 1.95. The Labute approximate surface area is 127 Å². The molecule has 4 nitrogen and oxygen atoms in total. The summed E-state index contributed by atoms with van der Waals surface area (Å²) in [6.07, 6.45) is 1.13. The molecule has 0 aromatic heterocycles. The molecular weight excluding hydrogens is 278 g/mol. The lowest BCUT2D eigenvalue weighted by Gasteiger charge is -2.25.